The van der Waals surface area contributed by atoms with Crippen molar-refractivity contribution in [3.8, 4) is 0 Å². The standard InChI is InChI=1S/C14H22N2O3S2/c1-10(2)13(12-7-5-9-20-12)15-14(17)11-6-4-8-16(11)21(3,18)19/h5,7,9-11,13H,4,6,8H2,1-3H3,(H,15,17)/t11-,13+/m0/s1. The van der Waals surface area contributed by atoms with Gasteiger partial charge in [0.1, 0.15) is 6.04 Å². The Labute approximate surface area is 130 Å². The molecule has 1 aromatic heterocycles. The van der Waals surface area contributed by atoms with Crippen LogP contribution in [-0.2, 0) is 14.8 Å². The first-order valence-corrected chi connectivity index (χ1v) is 9.84. The van der Waals surface area contributed by atoms with Gasteiger partial charge in [-0.1, -0.05) is 19.9 Å². The van der Waals surface area contributed by atoms with Crippen LogP contribution < -0.4 is 5.32 Å². The molecule has 0 saturated carbocycles. The van der Waals surface area contributed by atoms with Crippen LogP contribution in [0.25, 0.3) is 0 Å². The molecule has 118 valence electrons. The van der Waals surface area contributed by atoms with Crippen LogP contribution >= 0.6 is 11.3 Å². The minimum Gasteiger partial charge on any atom is -0.347 e. The molecule has 1 fully saturated rings. The monoisotopic (exact) mass is 330 g/mol. The third-order valence-corrected chi connectivity index (χ3v) is 5.99. The third kappa shape index (κ3) is 3.84. The van der Waals surface area contributed by atoms with Crippen molar-refractivity contribution >= 4 is 27.3 Å². The predicted octanol–water partition coefficient (Wildman–Crippen LogP) is 1.99. The summed E-state index contributed by atoms with van der Waals surface area (Å²) in [7, 11) is -3.33. The summed E-state index contributed by atoms with van der Waals surface area (Å²) in [6, 6.07) is 3.32. The van der Waals surface area contributed by atoms with Crippen LogP contribution in [0.2, 0.25) is 0 Å². The lowest BCUT2D eigenvalue weighted by Gasteiger charge is -2.26. The van der Waals surface area contributed by atoms with Crippen molar-refractivity contribution in [2.45, 2.75) is 38.8 Å². The van der Waals surface area contributed by atoms with E-state index >= 15 is 0 Å². The summed E-state index contributed by atoms with van der Waals surface area (Å²) in [5.41, 5.74) is 0. The second-order valence-corrected chi connectivity index (χ2v) is 8.69. The Balaban J connectivity index is 2.12. The molecule has 7 heteroatoms. The van der Waals surface area contributed by atoms with Crippen LogP contribution in [0.15, 0.2) is 17.5 Å². The second kappa shape index (κ2) is 6.46. The number of hydrogen-bond donors (Lipinski definition) is 1. The first-order chi connectivity index (χ1) is 9.80. The molecule has 1 aliphatic rings. The Morgan fingerprint density at radius 3 is 2.71 bits per heavy atom. The summed E-state index contributed by atoms with van der Waals surface area (Å²) in [6.07, 6.45) is 2.49. The molecule has 0 radical (unpaired) electrons. The average molecular weight is 330 g/mol. The van der Waals surface area contributed by atoms with E-state index in [2.05, 4.69) is 5.32 Å². The van der Waals surface area contributed by atoms with Crippen LogP contribution in [0.1, 0.15) is 37.6 Å². The van der Waals surface area contributed by atoms with Gasteiger partial charge in [0, 0.05) is 11.4 Å². The van der Waals surface area contributed by atoms with Crippen molar-refractivity contribution in [1.29, 1.82) is 0 Å². The molecule has 1 aliphatic heterocycles. The van der Waals surface area contributed by atoms with Gasteiger partial charge in [-0.25, -0.2) is 8.42 Å². The van der Waals surface area contributed by atoms with E-state index < -0.39 is 16.1 Å². The normalized spacial score (nSPS) is 21.6. The van der Waals surface area contributed by atoms with Crippen molar-refractivity contribution in [2.24, 2.45) is 5.92 Å². The topological polar surface area (TPSA) is 66.5 Å². The summed E-state index contributed by atoms with van der Waals surface area (Å²) < 4.78 is 24.8. The van der Waals surface area contributed by atoms with Gasteiger partial charge >= 0.3 is 0 Å². The SMILES string of the molecule is CC(C)[C@@H](NC(=O)[C@@H]1CCCN1S(C)(=O)=O)c1cccs1. The summed E-state index contributed by atoms with van der Waals surface area (Å²) in [5, 5.41) is 5.01. The highest BCUT2D eigenvalue weighted by Crippen LogP contribution is 2.27. The summed E-state index contributed by atoms with van der Waals surface area (Å²) in [6.45, 7) is 4.53. The van der Waals surface area contributed by atoms with Crippen molar-refractivity contribution in [3.05, 3.63) is 22.4 Å². The number of amides is 1. The molecular weight excluding hydrogens is 308 g/mol. The Hall–Kier alpha value is -0.920. The first-order valence-electron chi connectivity index (χ1n) is 7.11. The van der Waals surface area contributed by atoms with Crippen molar-refractivity contribution in [1.82, 2.24) is 9.62 Å². The molecule has 0 bridgehead atoms. The van der Waals surface area contributed by atoms with E-state index in [9.17, 15) is 13.2 Å². The molecule has 21 heavy (non-hydrogen) atoms. The molecule has 1 aromatic rings. The Kier molecular flexibility index (Phi) is 5.06. The molecule has 0 aliphatic carbocycles. The van der Waals surface area contributed by atoms with Crippen LogP contribution in [0.4, 0.5) is 0 Å². The van der Waals surface area contributed by atoms with Gasteiger partial charge in [0.15, 0.2) is 0 Å². The Morgan fingerprint density at radius 2 is 2.19 bits per heavy atom. The van der Waals surface area contributed by atoms with Crippen molar-refractivity contribution in [2.75, 3.05) is 12.8 Å². The molecule has 0 aromatic carbocycles. The quantitative estimate of drug-likeness (QED) is 0.898. The largest absolute Gasteiger partial charge is 0.347 e. The highest BCUT2D eigenvalue weighted by Gasteiger charge is 2.37. The van der Waals surface area contributed by atoms with E-state index in [1.807, 2.05) is 31.4 Å². The van der Waals surface area contributed by atoms with Gasteiger partial charge in [0.2, 0.25) is 15.9 Å². The smallest absolute Gasteiger partial charge is 0.238 e. The van der Waals surface area contributed by atoms with Gasteiger partial charge in [0.25, 0.3) is 0 Å². The number of nitrogens with zero attached hydrogens (tertiary/aromatic N) is 1. The molecule has 0 unspecified atom stereocenters. The van der Waals surface area contributed by atoms with E-state index in [1.54, 1.807) is 11.3 Å². The molecule has 2 heterocycles. The number of rotatable bonds is 5. The van der Waals surface area contributed by atoms with E-state index in [4.69, 9.17) is 0 Å². The van der Waals surface area contributed by atoms with Crippen LogP contribution in [0.5, 0.6) is 0 Å². The second-order valence-electron chi connectivity index (χ2n) is 5.78. The van der Waals surface area contributed by atoms with E-state index in [0.717, 1.165) is 17.6 Å². The highest BCUT2D eigenvalue weighted by molar-refractivity contribution is 7.88. The zero-order valence-corrected chi connectivity index (χ0v) is 14.2. The van der Waals surface area contributed by atoms with Gasteiger partial charge in [-0.2, -0.15) is 4.31 Å². The lowest BCUT2D eigenvalue weighted by Crippen LogP contribution is -2.47. The molecule has 1 amide bonds. The van der Waals surface area contributed by atoms with E-state index in [0.29, 0.717) is 13.0 Å². The number of sulfonamides is 1. The first kappa shape index (κ1) is 16.5. The maximum atomic E-state index is 12.5. The minimum absolute atomic E-state index is 0.0699. The lowest BCUT2D eigenvalue weighted by atomic mass is 10.0. The van der Waals surface area contributed by atoms with Gasteiger partial charge in [-0.15, -0.1) is 11.3 Å². The lowest BCUT2D eigenvalue weighted by molar-refractivity contribution is -0.125. The number of carbonyl (C=O) groups is 1. The molecule has 1 N–H and O–H groups in total. The Morgan fingerprint density at radius 1 is 1.48 bits per heavy atom. The van der Waals surface area contributed by atoms with E-state index in [1.165, 1.54) is 4.31 Å². The van der Waals surface area contributed by atoms with Gasteiger partial charge < -0.3 is 5.32 Å². The van der Waals surface area contributed by atoms with Gasteiger partial charge in [-0.3, -0.25) is 4.79 Å². The van der Waals surface area contributed by atoms with Crippen molar-refractivity contribution < 1.29 is 13.2 Å². The fourth-order valence-electron chi connectivity index (χ4n) is 2.68. The zero-order chi connectivity index (χ0) is 15.6. The van der Waals surface area contributed by atoms with Gasteiger partial charge in [-0.05, 0) is 30.2 Å². The molecule has 0 spiro atoms. The molecule has 5 nitrogen and oxygen atoms in total. The summed E-state index contributed by atoms with van der Waals surface area (Å²) in [4.78, 5) is 13.6. The maximum absolute atomic E-state index is 12.5. The highest BCUT2D eigenvalue weighted by atomic mass is 32.2. The number of hydrogen-bond acceptors (Lipinski definition) is 4. The van der Waals surface area contributed by atoms with E-state index in [-0.39, 0.29) is 17.9 Å². The number of nitrogens with one attached hydrogen (secondary N) is 1. The fourth-order valence-corrected chi connectivity index (χ4v) is 4.76. The fraction of sp³-hybridized carbons (Fsp3) is 0.643. The predicted molar refractivity (Wildman–Crippen MR) is 84.6 cm³/mol. The van der Waals surface area contributed by atoms with Crippen molar-refractivity contribution in [3.63, 3.8) is 0 Å². The molecular formula is C14H22N2O3S2. The van der Waals surface area contributed by atoms with Crippen LogP contribution in [0, 0.1) is 5.92 Å². The third-order valence-electron chi connectivity index (χ3n) is 3.75. The maximum Gasteiger partial charge on any atom is 0.238 e. The number of carbonyl (C=O) groups excluding carboxylic acids is 1. The van der Waals surface area contributed by atoms with Gasteiger partial charge in [0.05, 0.1) is 12.3 Å². The zero-order valence-electron chi connectivity index (χ0n) is 12.6. The van der Waals surface area contributed by atoms with Crippen LogP contribution in [-0.4, -0.2) is 37.5 Å². The number of thiophene rings is 1. The molecule has 1 saturated heterocycles. The minimum atomic E-state index is -3.33. The molecule has 2 rings (SSSR count). The van der Waals surface area contributed by atoms with Crippen LogP contribution in [0.3, 0.4) is 0 Å². The summed E-state index contributed by atoms with van der Waals surface area (Å²) >= 11 is 1.60. The average Bonchev–Trinajstić information content (AvgIpc) is 3.04. The Bertz CT molecular complexity index is 581. The summed E-state index contributed by atoms with van der Waals surface area (Å²) in [5.74, 6) is 0.0608. The molecule has 2 atom stereocenters.